The summed E-state index contributed by atoms with van der Waals surface area (Å²) >= 11 is 0. The van der Waals surface area contributed by atoms with Crippen molar-refractivity contribution >= 4 is 5.91 Å². The van der Waals surface area contributed by atoms with Gasteiger partial charge in [-0.3, -0.25) is 4.79 Å². The van der Waals surface area contributed by atoms with Gasteiger partial charge in [-0.1, -0.05) is 0 Å². The Kier molecular flexibility index (Phi) is 2.84. The zero-order chi connectivity index (χ0) is 8.27. The van der Waals surface area contributed by atoms with Crippen molar-refractivity contribution in [2.45, 2.75) is 18.9 Å². The van der Waals surface area contributed by atoms with E-state index in [4.69, 9.17) is 16.2 Å². The highest BCUT2D eigenvalue weighted by atomic mass is 16.5. The van der Waals surface area contributed by atoms with Gasteiger partial charge in [0, 0.05) is 13.2 Å². The average Bonchev–Trinajstić information content (AvgIpc) is 2.05. The molecule has 4 N–H and O–H groups in total. The fourth-order valence-corrected chi connectivity index (χ4v) is 1.31. The van der Waals surface area contributed by atoms with Gasteiger partial charge in [0.1, 0.15) is 0 Å². The van der Waals surface area contributed by atoms with Crippen molar-refractivity contribution < 1.29 is 9.53 Å². The SMILES string of the molecule is NC(=O)[C@@H](N)C1CCOCC1. The molecule has 0 aromatic carbocycles. The molecule has 0 radical (unpaired) electrons. The van der Waals surface area contributed by atoms with Gasteiger partial charge < -0.3 is 16.2 Å². The summed E-state index contributed by atoms with van der Waals surface area (Å²) in [6.07, 6.45) is 1.70. The van der Waals surface area contributed by atoms with Crippen molar-refractivity contribution in [3.8, 4) is 0 Å². The highest BCUT2D eigenvalue weighted by molar-refractivity contribution is 5.79. The van der Waals surface area contributed by atoms with Crippen LogP contribution in [-0.4, -0.2) is 25.2 Å². The Hall–Kier alpha value is -0.610. The summed E-state index contributed by atoms with van der Waals surface area (Å²) in [5.41, 5.74) is 10.6. The molecule has 0 spiro atoms. The van der Waals surface area contributed by atoms with Gasteiger partial charge >= 0.3 is 0 Å². The molecule has 1 aliphatic heterocycles. The van der Waals surface area contributed by atoms with Gasteiger partial charge in [-0.25, -0.2) is 0 Å². The molecule has 1 rings (SSSR count). The molecule has 0 aromatic rings. The summed E-state index contributed by atoms with van der Waals surface area (Å²) in [5.74, 6) is -0.182. The largest absolute Gasteiger partial charge is 0.381 e. The summed E-state index contributed by atoms with van der Waals surface area (Å²) in [5, 5.41) is 0. The first-order valence-electron chi connectivity index (χ1n) is 3.84. The van der Waals surface area contributed by atoms with Crippen LogP contribution in [0.3, 0.4) is 0 Å². The molecule has 1 saturated heterocycles. The molecule has 1 atom stereocenters. The number of nitrogens with two attached hydrogens (primary N) is 2. The van der Waals surface area contributed by atoms with E-state index < -0.39 is 11.9 Å². The Morgan fingerprint density at radius 2 is 2.00 bits per heavy atom. The lowest BCUT2D eigenvalue weighted by atomic mass is 9.92. The van der Waals surface area contributed by atoms with Gasteiger partial charge in [0.15, 0.2) is 0 Å². The smallest absolute Gasteiger partial charge is 0.234 e. The molecule has 0 saturated carbocycles. The van der Waals surface area contributed by atoms with E-state index >= 15 is 0 Å². The standard InChI is InChI=1S/C7H14N2O2/c8-6(7(9)10)5-1-3-11-4-2-5/h5-6H,1-4,8H2,(H2,9,10)/t6-/m0/s1. The van der Waals surface area contributed by atoms with E-state index in [0.717, 1.165) is 12.8 Å². The minimum Gasteiger partial charge on any atom is -0.381 e. The van der Waals surface area contributed by atoms with Crippen LogP contribution in [0.2, 0.25) is 0 Å². The molecule has 64 valence electrons. The van der Waals surface area contributed by atoms with E-state index in [0.29, 0.717) is 13.2 Å². The van der Waals surface area contributed by atoms with Gasteiger partial charge in [-0.15, -0.1) is 0 Å². The van der Waals surface area contributed by atoms with E-state index in [1.165, 1.54) is 0 Å². The lowest BCUT2D eigenvalue weighted by molar-refractivity contribution is -0.121. The molecule has 0 aliphatic carbocycles. The van der Waals surface area contributed by atoms with Crippen molar-refractivity contribution in [1.82, 2.24) is 0 Å². The van der Waals surface area contributed by atoms with E-state index in [2.05, 4.69) is 0 Å². The molecule has 11 heavy (non-hydrogen) atoms. The van der Waals surface area contributed by atoms with Crippen molar-refractivity contribution in [3.63, 3.8) is 0 Å². The quantitative estimate of drug-likeness (QED) is 0.553. The van der Waals surface area contributed by atoms with Crippen LogP contribution in [0, 0.1) is 5.92 Å². The van der Waals surface area contributed by atoms with Crippen molar-refractivity contribution in [3.05, 3.63) is 0 Å². The first-order valence-corrected chi connectivity index (χ1v) is 3.84. The van der Waals surface area contributed by atoms with Crippen LogP contribution in [0.15, 0.2) is 0 Å². The van der Waals surface area contributed by atoms with Crippen molar-refractivity contribution in [2.24, 2.45) is 17.4 Å². The monoisotopic (exact) mass is 158 g/mol. The third-order valence-corrected chi connectivity index (χ3v) is 2.10. The van der Waals surface area contributed by atoms with Gasteiger partial charge in [-0.05, 0) is 18.8 Å². The first-order chi connectivity index (χ1) is 5.22. The third-order valence-electron chi connectivity index (χ3n) is 2.10. The second kappa shape index (κ2) is 3.69. The fourth-order valence-electron chi connectivity index (χ4n) is 1.31. The Balaban J connectivity index is 2.38. The number of rotatable bonds is 2. The Labute approximate surface area is 65.9 Å². The second-order valence-electron chi connectivity index (χ2n) is 2.88. The maximum atomic E-state index is 10.7. The maximum Gasteiger partial charge on any atom is 0.234 e. The Bertz CT molecular complexity index is 143. The van der Waals surface area contributed by atoms with Crippen LogP contribution in [-0.2, 0) is 9.53 Å². The average molecular weight is 158 g/mol. The maximum absolute atomic E-state index is 10.7. The predicted octanol–water partition coefficient (Wildman–Crippen LogP) is -0.774. The van der Waals surface area contributed by atoms with Gasteiger partial charge in [0.05, 0.1) is 6.04 Å². The van der Waals surface area contributed by atoms with Crippen LogP contribution >= 0.6 is 0 Å². The predicted molar refractivity (Wildman–Crippen MR) is 40.7 cm³/mol. The number of amides is 1. The van der Waals surface area contributed by atoms with Crippen LogP contribution in [0.1, 0.15) is 12.8 Å². The summed E-state index contributed by atoms with van der Waals surface area (Å²) < 4.78 is 5.12. The number of carbonyl (C=O) groups excluding carboxylic acids is 1. The third kappa shape index (κ3) is 2.17. The summed E-state index contributed by atoms with van der Waals surface area (Å²) in [4.78, 5) is 10.7. The minimum atomic E-state index is -0.487. The molecule has 1 heterocycles. The second-order valence-corrected chi connectivity index (χ2v) is 2.88. The molecule has 4 nitrogen and oxygen atoms in total. The number of primary amides is 1. The van der Waals surface area contributed by atoms with Crippen LogP contribution in [0.25, 0.3) is 0 Å². The Morgan fingerprint density at radius 3 is 2.45 bits per heavy atom. The highest BCUT2D eigenvalue weighted by Gasteiger charge is 2.24. The summed E-state index contributed by atoms with van der Waals surface area (Å²) in [7, 11) is 0. The number of ether oxygens (including phenoxy) is 1. The summed E-state index contributed by atoms with van der Waals surface area (Å²) in [6, 6.07) is -0.487. The van der Waals surface area contributed by atoms with Gasteiger partial charge in [0.25, 0.3) is 0 Å². The molecular weight excluding hydrogens is 144 g/mol. The number of hydrogen-bond donors (Lipinski definition) is 2. The van der Waals surface area contributed by atoms with E-state index in [1.54, 1.807) is 0 Å². The van der Waals surface area contributed by atoms with E-state index in [-0.39, 0.29) is 5.92 Å². The van der Waals surface area contributed by atoms with Crippen molar-refractivity contribution in [2.75, 3.05) is 13.2 Å². The summed E-state index contributed by atoms with van der Waals surface area (Å²) in [6.45, 7) is 1.40. The topological polar surface area (TPSA) is 78.3 Å². The van der Waals surface area contributed by atoms with Crippen LogP contribution < -0.4 is 11.5 Å². The minimum absolute atomic E-state index is 0.223. The molecule has 1 fully saturated rings. The van der Waals surface area contributed by atoms with Gasteiger partial charge in [0.2, 0.25) is 5.91 Å². The van der Waals surface area contributed by atoms with E-state index in [9.17, 15) is 4.79 Å². The first kappa shape index (κ1) is 8.49. The molecule has 0 unspecified atom stereocenters. The van der Waals surface area contributed by atoms with Crippen molar-refractivity contribution in [1.29, 1.82) is 0 Å². The zero-order valence-electron chi connectivity index (χ0n) is 6.45. The molecule has 4 heteroatoms. The number of hydrogen-bond acceptors (Lipinski definition) is 3. The van der Waals surface area contributed by atoms with Gasteiger partial charge in [-0.2, -0.15) is 0 Å². The molecule has 0 aromatic heterocycles. The lowest BCUT2D eigenvalue weighted by Gasteiger charge is -2.25. The molecule has 0 bridgehead atoms. The van der Waals surface area contributed by atoms with Crippen LogP contribution in [0.5, 0.6) is 0 Å². The number of carbonyl (C=O) groups is 1. The zero-order valence-corrected chi connectivity index (χ0v) is 6.45. The normalized spacial score (nSPS) is 23.0. The molecule has 1 amide bonds. The Morgan fingerprint density at radius 1 is 1.45 bits per heavy atom. The fraction of sp³-hybridized carbons (Fsp3) is 0.857. The van der Waals surface area contributed by atoms with E-state index in [1.807, 2.05) is 0 Å². The molecular formula is C7H14N2O2. The van der Waals surface area contributed by atoms with Crippen LogP contribution in [0.4, 0.5) is 0 Å². The highest BCUT2D eigenvalue weighted by Crippen LogP contribution is 2.16. The molecule has 1 aliphatic rings. The lowest BCUT2D eigenvalue weighted by Crippen LogP contribution is -2.44.